The molecule has 3 aromatic carbocycles. The molecule has 0 aliphatic rings. The normalized spacial score (nSPS) is 11.0. The number of fused-ring (bicyclic) bond motifs is 1. The topological polar surface area (TPSA) is 38.3 Å². The number of hydrogen-bond acceptors (Lipinski definition) is 4. The fourth-order valence-electron chi connectivity index (χ4n) is 3.49. The van der Waals surface area contributed by atoms with Gasteiger partial charge < -0.3 is 9.64 Å². The number of hydrogen-bond donors (Lipinski definition) is 0. The zero-order chi connectivity index (χ0) is 19.5. The van der Waals surface area contributed by atoms with Gasteiger partial charge in [-0.05, 0) is 29.3 Å². The standard InChI is InChI=1S/C24H23N3O/c1-27(2)24-20-16-19(28-3)14-15-21(20)25-23(26-24)22(17-10-6-4-7-11-17)18-12-8-5-9-13-18/h4-16,22H,1-3H3. The molecule has 0 amide bonds. The summed E-state index contributed by atoms with van der Waals surface area (Å²) in [5, 5.41) is 0.980. The van der Waals surface area contributed by atoms with Gasteiger partial charge in [0.05, 0.1) is 18.5 Å². The highest BCUT2D eigenvalue weighted by atomic mass is 16.5. The van der Waals surface area contributed by atoms with Crippen LogP contribution in [0, 0.1) is 0 Å². The Bertz CT molecular complexity index is 1040. The van der Waals surface area contributed by atoms with Crippen LogP contribution in [0.15, 0.2) is 78.9 Å². The first-order valence-corrected chi connectivity index (χ1v) is 9.30. The van der Waals surface area contributed by atoms with E-state index in [0.29, 0.717) is 0 Å². The predicted octanol–water partition coefficient (Wildman–Crippen LogP) is 4.88. The number of benzene rings is 3. The summed E-state index contributed by atoms with van der Waals surface area (Å²) in [5.41, 5.74) is 3.25. The predicted molar refractivity (Wildman–Crippen MR) is 114 cm³/mol. The van der Waals surface area contributed by atoms with Crippen molar-refractivity contribution < 1.29 is 4.74 Å². The van der Waals surface area contributed by atoms with Crippen molar-refractivity contribution in [2.24, 2.45) is 0 Å². The lowest BCUT2D eigenvalue weighted by molar-refractivity contribution is 0.415. The van der Waals surface area contributed by atoms with Gasteiger partial charge in [0.25, 0.3) is 0 Å². The minimum absolute atomic E-state index is 0.0346. The Morgan fingerprint density at radius 3 is 1.93 bits per heavy atom. The van der Waals surface area contributed by atoms with Crippen molar-refractivity contribution in [2.75, 3.05) is 26.1 Å². The average Bonchev–Trinajstić information content (AvgIpc) is 2.74. The van der Waals surface area contributed by atoms with E-state index in [-0.39, 0.29) is 5.92 Å². The second-order valence-corrected chi connectivity index (χ2v) is 6.94. The van der Waals surface area contributed by atoms with Crippen LogP contribution in [0.25, 0.3) is 10.9 Å². The molecule has 0 spiro atoms. The summed E-state index contributed by atoms with van der Waals surface area (Å²) in [6.45, 7) is 0. The molecule has 0 fully saturated rings. The van der Waals surface area contributed by atoms with Gasteiger partial charge in [0.2, 0.25) is 0 Å². The minimum atomic E-state index is -0.0346. The van der Waals surface area contributed by atoms with Crippen LogP contribution in [0.4, 0.5) is 5.82 Å². The van der Waals surface area contributed by atoms with E-state index in [2.05, 4.69) is 48.5 Å². The van der Waals surface area contributed by atoms with Gasteiger partial charge in [-0.3, -0.25) is 0 Å². The molecule has 140 valence electrons. The van der Waals surface area contributed by atoms with Gasteiger partial charge in [0, 0.05) is 19.5 Å². The molecule has 0 radical (unpaired) electrons. The molecule has 1 aromatic heterocycles. The van der Waals surface area contributed by atoms with E-state index in [4.69, 9.17) is 14.7 Å². The van der Waals surface area contributed by atoms with Gasteiger partial charge in [0.1, 0.15) is 17.4 Å². The molecule has 0 bridgehead atoms. The van der Waals surface area contributed by atoms with Crippen LogP contribution in [0.1, 0.15) is 22.9 Å². The van der Waals surface area contributed by atoms with Crippen LogP contribution in [-0.4, -0.2) is 31.2 Å². The van der Waals surface area contributed by atoms with Gasteiger partial charge in [-0.1, -0.05) is 60.7 Å². The quantitative estimate of drug-likeness (QED) is 0.502. The van der Waals surface area contributed by atoms with E-state index in [1.54, 1.807) is 7.11 Å². The van der Waals surface area contributed by atoms with E-state index < -0.39 is 0 Å². The first kappa shape index (κ1) is 18.0. The third kappa shape index (κ3) is 3.41. The zero-order valence-corrected chi connectivity index (χ0v) is 16.3. The molecule has 0 N–H and O–H groups in total. The molecule has 0 aliphatic carbocycles. The molecule has 4 heteroatoms. The third-order valence-corrected chi connectivity index (χ3v) is 4.85. The van der Waals surface area contributed by atoms with Gasteiger partial charge >= 0.3 is 0 Å². The Kier molecular flexibility index (Phi) is 4.94. The summed E-state index contributed by atoms with van der Waals surface area (Å²) >= 11 is 0. The smallest absolute Gasteiger partial charge is 0.143 e. The molecule has 0 saturated heterocycles. The highest BCUT2D eigenvalue weighted by Gasteiger charge is 2.22. The van der Waals surface area contributed by atoms with Crippen molar-refractivity contribution in [1.82, 2.24) is 9.97 Å². The number of ether oxygens (including phenoxy) is 1. The third-order valence-electron chi connectivity index (χ3n) is 4.85. The largest absolute Gasteiger partial charge is 0.497 e. The molecule has 0 unspecified atom stereocenters. The molecule has 4 rings (SSSR count). The first-order valence-electron chi connectivity index (χ1n) is 9.30. The highest BCUT2D eigenvalue weighted by Crippen LogP contribution is 2.34. The van der Waals surface area contributed by atoms with Crippen LogP contribution < -0.4 is 9.64 Å². The Labute approximate surface area is 165 Å². The van der Waals surface area contributed by atoms with Gasteiger partial charge in [-0.2, -0.15) is 0 Å². The van der Waals surface area contributed by atoms with Crippen molar-refractivity contribution in [3.8, 4) is 5.75 Å². The maximum Gasteiger partial charge on any atom is 0.143 e. The van der Waals surface area contributed by atoms with Crippen molar-refractivity contribution in [3.05, 3.63) is 95.8 Å². The number of rotatable bonds is 5. The van der Waals surface area contributed by atoms with Crippen LogP contribution >= 0.6 is 0 Å². The van der Waals surface area contributed by atoms with Gasteiger partial charge in [-0.15, -0.1) is 0 Å². The first-order chi connectivity index (χ1) is 13.7. The lowest BCUT2D eigenvalue weighted by atomic mass is 9.90. The lowest BCUT2D eigenvalue weighted by Gasteiger charge is -2.21. The number of methoxy groups -OCH3 is 1. The Morgan fingerprint density at radius 2 is 1.39 bits per heavy atom. The molecule has 0 aliphatic heterocycles. The summed E-state index contributed by atoms with van der Waals surface area (Å²) in [6, 6.07) is 26.8. The second kappa shape index (κ2) is 7.69. The van der Waals surface area contributed by atoms with E-state index >= 15 is 0 Å². The highest BCUT2D eigenvalue weighted by molar-refractivity contribution is 5.90. The molecular weight excluding hydrogens is 346 g/mol. The maximum absolute atomic E-state index is 5.40. The minimum Gasteiger partial charge on any atom is -0.497 e. The summed E-state index contributed by atoms with van der Waals surface area (Å²) in [6.07, 6.45) is 0. The van der Waals surface area contributed by atoms with Crippen molar-refractivity contribution in [3.63, 3.8) is 0 Å². The molecule has 4 aromatic rings. The average molecular weight is 369 g/mol. The van der Waals surface area contributed by atoms with Crippen molar-refractivity contribution in [2.45, 2.75) is 5.92 Å². The molecular formula is C24H23N3O. The second-order valence-electron chi connectivity index (χ2n) is 6.94. The Morgan fingerprint density at radius 1 is 0.786 bits per heavy atom. The van der Waals surface area contributed by atoms with Gasteiger partial charge in [0.15, 0.2) is 0 Å². The van der Waals surface area contributed by atoms with Crippen molar-refractivity contribution in [1.29, 1.82) is 0 Å². The Hall–Kier alpha value is -3.40. The number of anilines is 1. The van der Waals surface area contributed by atoms with Crippen LogP contribution in [0.5, 0.6) is 5.75 Å². The summed E-state index contributed by atoms with van der Waals surface area (Å²) in [5.74, 6) is 2.44. The Balaban J connectivity index is 1.96. The van der Waals surface area contributed by atoms with Gasteiger partial charge in [-0.25, -0.2) is 9.97 Å². The zero-order valence-electron chi connectivity index (χ0n) is 16.3. The summed E-state index contributed by atoms with van der Waals surface area (Å²) in [4.78, 5) is 12.0. The maximum atomic E-state index is 5.40. The summed E-state index contributed by atoms with van der Waals surface area (Å²) in [7, 11) is 5.68. The molecule has 4 nitrogen and oxygen atoms in total. The van der Waals surface area contributed by atoms with E-state index in [1.165, 1.54) is 11.1 Å². The van der Waals surface area contributed by atoms with Crippen LogP contribution in [0.2, 0.25) is 0 Å². The molecule has 0 saturated carbocycles. The van der Waals surface area contributed by atoms with E-state index in [1.807, 2.05) is 49.3 Å². The van der Waals surface area contributed by atoms with Crippen LogP contribution in [-0.2, 0) is 0 Å². The fraction of sp³-hybridized carbons (Fsp3) is 0.167. The number of aromatic nitrogens is 2. The fourth-order valence-corrected chi connectivity index (χ4v) is 3.49. The van der Waals surface area contributed by atoms with Crippen molar-refractivity contribution >= 4 is 16.7 Å². The van der Waals surface area contributed by atoms with E-state index in [0.717, 1.165) is 28.3 Å². The number of nitrogens with zero attached hydrogens (tertiary/aromatic N) is 3. The molecule has 28 heavy (non-hydrogen) atoms. The monoisotopic (exact) mass is 369 g/mol. The van der Waals surface area contributed by atoms with E-state index in [9.17, 15) is 0 Å². The SMILES string of the molecule is COc1ccc2nc(C(c3ccccc3)c3ccccc3)nc(N(C)C)c2c1. The molecule has 0 atom stereocenters. The lowest BCUT2D eigenvalue weighted by Crippen LogP contribution is -2.16. The van der Waals surface area contributed by atoms with Crippen LogP contribution in [0.3, 0.4) is 0 Å². The molecule has 1 heterocycles. The summed E-state index contributed by atoms with van der Waals surface area (Å²) < 4.78 is 5.40.